The van der Waals surface area contributed by atoms with E-state index in [4.69, 9.17) is 5.11 Å². The fraction of sp³-hybridized carbons (Fsp3) is 1.00. The van der Waals surface area contributed by atoms with Crippen LogP contribution in [0.2, 0.25) is 0 Å². The monoisotopic (exact) mass is 100 g/mol. The molecular formula is C6H12O. The van der Waals surface area contributed by atoms with Gasteiger partial charge in [-0.15, -0.1) is 0 Å². The maximum Gasteiger partial charge on any atom is 0.0542 e. The van der Waals surface area contributed by atoms with Crippen LogP contribution in [-0.4, -0.2) is 11.2 Å². The zero-order valence-electron chi connectivity index (χ0n) is 4.89. The summed E-state index contributed by atoms with van der Waals surface area (Å²) < 4.78 is 0. The van der Waals surface area contributed by atoms with E-state index in [1.807, 2.05) is 6.92 Å². The van der Waals surface area contributed by atoms with Crippen molar-refractivity contribution in [2.45, 2.75) is 26.4 Å². The number of hydrogen-bond donors (Lipinski definition) is 1. The lowest BCUT2D eigenvalue weighted by Gasteiger charge is -1.96. The van der Waals surface area contributed by atoms with Crippen LogP contribution in [0.25, 0.3) is 0 Å². The van der Waals surface area contributed by atoms with Gasteiger partial charge in [0.25, 0.3) is 0 Å². The van der Waals surface area contributed by atoms with Gasteiger partial charge in [0.1, 0.15) is 0 Å². The second-order valence-corrected chi connectivity index (χ2v) is 2.62. The molecule has 1 rings (SSSR count). The van der Waals surface area contributed by atoms with Crippen molar-refractivity contribution in [3.8, 4) is 0 Å². The summed E-state index contributed by atoms with van der Waals surface area (Å²) in [6.45, 7) is 4.05. The molecule has 0 spiro atoms. The Morgan fingerprint density at radius 3 is 2.14 bits per heavy atom. The first-order chi connectivity index (χ1) is 3.22. The number of rotatable bonds is 1. The predicted molar refractivity (Wildman–Crippen MR) is 29.0 cm³/mol. The Bertz CT molecular complexity index is 68.6. The zero-order valence-corrected chi connectivity index (χ0v) is 4.89. The first kappa shape index (κ1) is 5.10. The molecule has 1 aliphatic carbocycles. The van der Waals surface area contributed by atoms with Crippen molar-refractivity contribution in [2.75, 3.05) is 0 Å². The van der Waals surface area contributed by atoms with Gasteiger partial charge in [-0.05, 0) is 25.2 Å². The van der Waals surface area contributed by atoms with Crippen LogP contribution >= 0.6 is 0 Å². The lowest BCUT2D eigenvalue weighted by molar-refractivity contribution is 0.165. The Hall–Kier alpha value is -0.0400. The summed E-state index contributed by atoms with van der Waals surface area (Å²) in [6.07, 6.45) is 1.17. The van der Waals surface area contributed by atoms with Gasteiger partial charge in [-0.25, -0.2) is 0 Å². The molecule has 1 N–H and O–H groups in total. The second kappa shape index (κ2) is 1.48. The molecule has 0 heterocycles. The molecule has 1 aliphatic rings. The molecule has 3 atom stereocenters. The van der Waals surface area contributed by atoms with Crippen molar-refractivity contribution in [1.29, 1.82) is 0 Å². The van der Waals surface area contributed by atoms with Crippen molar-refractivity contribution in [3.05, 3.63) is 0 Å². The first-order valence-electron chi connectivity index (χ1n) is 2.90. The molecule has 0 aliphatic heterocycles. The molecule has 3 unspecified atom stereocenters. The van der Waals surface area contributed by atoms with Gasteiger partial charge in [0, 0.05) is 0 Å². The molecule has 0 saturated heterocycles. The summed E-state index contributed by atoms with van der Waals surface area (Å²) in [7, 11) is 0. The highest BCUT2D eigenvalue weighted by Crippen LogP contribution is 2.40. The van der Waals surface area contributed by atoms with E-state index in [0.717, 1.165) is 5.92 Å². The molecular weight excluding hydrogens is 88.1 g/mol. The molecule has 42 valence electrons. The van der Waals surface area contributed by atoms with Crippen LogP contribution in [0.4, 0.5) is 0 Å². The van der Waals surface area contributed by atoms with Crippen LogP contribution in [0.5, 0.6) is 0 Å². The van der Waals surface area contributed by atoms with Gasteiger partial charge in [-0.2, -0.15) is 0 Å². The fourth-order valence-electron chi connectivity index (χ4n) is 1.02. The minimum absolute atomic E-state index is 0.0602. The largest absolute Gasteiger partial charge is 0.393 e. The van der Waals surface area contributed by atoms with E-state index < -0.39 is 0 Å². The fourth-order valence-corrected chi connectivity index (χ4v) is 1.02. The van der Waals surface area contributed by atoms with E-state index in [1.54, 1.807) is 0 Å². The van der Waals surface area contributed by atoms with Crippen molar-refractivity contribution >= 4 is 0 Å². The van der Waals surface area contributed by atoms with E-state index >= 15 is 0 Å². The Morgan fingerprint density at radius 2 is 2.14 bits per heavy atom. The zero-order chi connectivity index (χ0) is 5.44. The van der Waals surface area contributed by atoms with Gasteiger partial charge < -0.3 is 5.11 Å². The third kappa shape index (κ3) is 0.942. The van der Waals surface area contributed by atoms with E-state index in [2.05, 4.69) is 6.92 Å². The van der Waals surface area contributed by atoms with Gasteiger partial charge in [0.15, 0.2) is 0 Å². The lowest BCUT2D eigenvalue weighted by Crippen LogP contribution is -2.02. The minimum Gasteiger partial charge on any atom is -0.393 e. The van der Waals surface area contributed by atoms with Crippen LogP contribution < -0.4 is 0 Å². The van der Waals surface area contributed by atoms with Gasteiger partial charge in [0.2, 0.25) is 0 Å². The van der Waals surface area contributed by atoms with Gasteiger partial charge >= 0.3 is 0 Å². The average Bonchev–Trinajstić information content (AvgIpc) is 2.17. The van der Waals surface area contributed by atoms with Crippen LogP contribution in [0.15, 0.2) is 0 Å². The molecule has 1 saturated carbocycles. The summed E-state index contributed by atoms with van der Waals surface area (Å²) in [5, 5.41) is 8.86. The second-order valence-electron chi connectivity index (χ2n) is 2.62. The molecule has 0 aromatic rings. The molecule has 1 fully saturated rings. The topological polar surface area (TPSA) is 20.2 Å². The van der Waals surface area contributed by atoms with Crippen molar-refractivity contribution in [3.63, 3.8) is 0 Å². The normalized spacial score (nSPS) is 43.3. The van der Waals surface area contributed by atoms with Gasteiger partial charge in [0.05, 0.1) is 6.10 Å². The summed E-state index contributed by atoms with van der Waals surface area (Å²) in [6, 6.07) is 0. The number of aliphatic hydroxyl groups excluding tert-OH is 1. The summed E-state index contributed by atoms with van der Waals surface area (Å²) in [5.74, 6) is 1.42. The highest BCUT2D eigenvalue weighted by atomic mass is 16.3. The molecule has 0 bridgehead atoms. The maximum absolute atomic E-state index is 8.86. The van der Waals surface area contributed by atoms with E-state index in [1.165, 1.54) is 6.42 Å². The van der Waals surface area contributed by atoms with E-state index in [0.29, 0.717) is 5.92 Å². The number of aliphatic hydroxyl groups is 1. The lowest BCUT2D eigenvalue weighted by atomic mass is 10.2. The molecule has 0 amide bonds. The van der Waals surface area contributed by atoms with Crippen LogP contribution in [-0.2, 0) is 0 Å². The van der Waals surface area contributed by atoms with Gasteiger partial charge in [-0.1, -0.05) is 6.92 Å². The van der Waals surface area contributed by atoms with Gasteiger partial charge in [-0.3, -0.25) is 0 Å². The Balaban J connectivity index is 2.20. The summed E-state index contributed by atoms with van der Waals surface area (Å²) in [4.78, 5) is 0. The molecule has 0 aromatic carbocycles. The molecule has 1 nitrogen and oxygen atoms in total. The van der Waals surface area contributed by atoms with Crippen molar-refractivity contribution in [1.82, 2.24) is 0 Å². The summed E-state index contributed by atoms with van der Waals surface area (Å²) >= 11 is 0. The first-order valence-corrected chi connectivity index (χ1v) is 2.90. The van der Waals surface area contributed by atoms with Crippen LogP contribution in [0.3, 0.4) is 0 Å². The average molecular weight is 100 g/mol. The third-order valence-corrected chi connectivity index (χ3v) is 1.79. The number of hydrogen-bond acceptors (Lipinski definition) is 1. The highest BCUT2D eigenvalue weighted by Gasteiger charge is 2.35. The third-order valence-electron chi connectivity index (χ3n) is 1.79. The highest BCUT2D eigenvalue weighted by molar-refractivity contribution is 4.85. The van der Waals surface area contributed by atoms with Crippen LogP contribution in [0.1, 0.15) is 20.3 Å². The molecule has 0 radical (unpaired) electrons. The SMILES string of the molecule is CC(O)C1CC1C. The van der Waals surface area contributed by atoms with E-state index in [9.17, 15) is 0 Å². The summed E-state index contributed by atoms with van der Waals surface area (Å²) in [5.41, 5.74) is 0. The Labute approximate surface area is 44.4 Å². The Morgan fingerprint density at radius 1 is 1.71 bits per heavy atom. The molecule has 1 heteroatoms. The quantitative estimate of drug-likeness (QED) is 0.521. The minimum atomic E-state index is -0.0602. The van der Waals surface area contributed by atoms with E-state index in [-0.39, 0.29) is 6.10 Å². The smallest absolute Gasteiger partial charge is 0.0542 e. The maximum atomic E-state index is 8.86. The van der Waals surface area contributed by atoms with Crippen LogP contribution in [0, 0.1) is 11.8 Å². The molecule has 7 heavy (non-hydrogen) atoms. The molecule has 0 aromatic heterocycles. The van der Waals surface area contributed by atoms with Crippen molar-refractivity contribution in [2.24, 2.45) is 11.8 Å². The van der Waals surface area contributed by atoms with Crippen molar-refractivity contribution < 1.29 is 5.11 Å². The Kier molecular flexibility index (Phi) is 1.08. The predicted octanol–water partition coefficient (Wildman–Crippen LogP) is 1.02. The standard InChI is InChI=1S/C6H12O/c1-4-3-6(4)5(2)7/h4-7H,3H2,1-2H3.